The molecule has 0 radical (unpaired) electrons. The van der Waals surface area contributed by atoms with E-state index in [0.29, 0.717) is 17.0 Å². The average Bonchev–Trinajstić information content (AvgIpc) is 3.12. The third-order valence-corrected chi connectivity index (χ3v) is 14.1. The highest BCUT2D eigenvalue weighted by atomic mass is 79.9. The molecule has 4 nitrogen and oxygen atoms in total. The second kappa shape index (κ2) is 11.2. The molecule has 0 unspecified atom stereocenters. The maximum absolute atomic E-state index is 12.1. The van der Waals surface area contributed by atoms with Crippen molar-refractivity contribution in [2.75, 3.05) is 19.6 Å². The molecule has 3 rings (SSSR count). The Kier molecular flexibility index (Phi) is 9.15. The molecule has 0 bridgehead atoms. The van der Waals surface area contributed by atoms with E-state index in [-0.39, 0.29) is 11.1 Å². The van der Waals surface area contributed by atoms with Crippen LogP contribution in [0.3, 0.4) is 0 Å². The number of rotatable bonds is 8. The van der Waals surface area contributed by atoms with Crippen molar-refractivity contribution in [2.24, 2.45) is 0 Å². The first-order chi connectivity index (χ1) is 16.2. The van der Waals surface area contributed by atoms with Crippen LogP contribution in [-0.2, 0) is 0 Å². The fourth-order valence-electron chi connectivity index (χ4n) is 4.38. The standard InChI is InChI=1S/C27H38BrClN2O2SSi/c1-9-13-30-16-19(3)31(17-18(30)2)24(23-15-22(28)25(34-23)26(29)32)20-11-10-12-21(14-20)33-35(7,8)27(4,5)6/h9-12,14-15,18-19,24H,1,13,16-17H2,2-8H3/t18-,19+,24-/m0/s1. The second-order valence-electron chi connectivity index (χ2n) is 11.1. The van der Waals surface area contributed by atoms with E-state index >= 15 is 0 Å². The predicted molar refractivity (Wildman–Crippen MR) is 156 cm³/mol. The van der Waals surface area contributed by atoms with Crippen LogP contribution in [0.5, 0.6) is 5.75 Å². The van der Waals surface area contributed by atoms with Crippen LogP contribution >= 0.6 is 38.9 Å². The summed E-state index contributed by atoms with van der Waals surface area (Å²) in [6.45, 7) is 22.5. The lowest BCUT2D eigenvalue weighted by atomic mass is 9.98. The second-order valence-corrected chi connectivity index (χ2v) is 18.1. The van der Waals surface area contributed by atoms with Gasteiger partial charge in [0.15, 0.2) is 0 Å². The first-order valence-electron chi connectivity index (χ1n) is 12.1. The van der Waals surface area contributed by atoms with Gasteiger partial charge in [-0.15, -0.1) is 17.9 Å². The van der Waals surface area contributed by atoms with Crippen molar-refractivity contribution in [1.82, 2.24) is 9.80 Å². The molecule has 8 heteroatoms. The van der Waals surface area contributed by atoms with Gasteiger partial charge in [-0.25, -0.2) is 0 Å². The van der Waals surface area contributed by atoms with Gasteiger partial charge in [0.2, 0.25) is 8.32 Å². The number of benzene rings is 1. The lowest BCUT2D eigenvalue weighted by Gasteiger charge is -2.47. The summed E-state index contributed by atoms with van der Waals surface area (Å²) in [7, 11) is -1.98. The Bertz CT molecular complexity index is 1070. The van der Waals surface area contributed by atoms with Gasteiger partial charge in [-0.1, -0.05) is 39.0 Å². The minimum absolute atomic E-state index is 0.00707. The first kappa shape index (κ1) is 28.6. The van der Waals surface area contributed by atoms with Gasteiger partial charge >= 0.3 is 0 Å². The number of hydrogen-bond donors (Lipinski definition) is 0. The van der Waals surface area contributed by atoms with Gasteiger partial charge in [0.25, 0.3) is 5.24 Å². The van der Waals surface area contributed by atoms with E-state index in [9.17, 15) is 4.79 Å². The summed E-state index contributed by atoms with van der Waals surface area (Å²) in [5.74, 6) is 0.911. The maximum atomic E-state index is 12.1. The van der Waals surface area contributed by atoms with Gasteiger partial charge in [-0.3, -0.25) is 14.6 Å². The minimum atomic E-state index is -1.98. The lowest BCUT2D eigenvalue weighted by Crippen LogP contribution is -2.57. The maximum Gasteiger partial charge on any atom is 0.263 e. The summed E-state index contributed by atoms with van der Waals surface area (Å²) < 4.78 is 7.42. The number of nitrogens with zero attached hydrogens (tertiary/aromatic N) is 2. The molecule has 35 heavy (non-hydrogen) atoms. The highest BCUT2D eigenvalue weighted by Crippen LogP contribution is 2.42. The van der Waals surface area contributed by atoms with E-state index in [1.54, 1.807) is 0 Å². The zero-order valence-corrected chi connectivity index (χ0v) is 26.1. The van der Waals surface area contributed by atoms with E-state index in [0.717, 1.165) is 34.7 Å². The van der Waals surface area contributed by atoms with E-state index < -0.39 is 13.6 Å². The first-order valence-corrected chi connectivity index (χ1v) is 17.0. The Balaban J connectivity index is 2.06. The van der Waals surface area contributed by atoms with Gasteiger partial charge in [0.1, 0.15) is 10.6 Å². The van der Waals surface area contributed by atoms with Crippen molar-refractivity contribution in [2.45, 2.75) is 70.9 Å². The van der Waals surface area contributed by atoms with Crippen molar-refractivity contribution < 1.29 is 9.22 Å². The Hall–Kier alpha value is -0.963. The molecule has 2 heterocycles. The molecule has 1 aromatic heterocycles. The van der Waals surface area contributed by atoms with Crippen molar-refractivity contribution in [1.29, 1.82) is 0 Å². The summed E-state index contributed by atoms with van der Waals surface area (Å²) in [4.78, 5) is 18.7. The molecule has 2 aromatic rings. The number of piperazine rings is 1. The number of thiophene rings is 1. The SMILES string of the molecule is C=CCN1C[C@@H](C)N([C@@H](c2cccc(O[Si](C)(C)C(C)(C)C)c2)c2cc(Br)c(C(=O)Cl)s2)C[C@@H]1C. The quantitative estimate of drug-likeness (QED) is 0.176. The third kappa shape index (κ3) is 6.49. The van der Waals surface area contributed by atoms with Gasteiger partial charge in [-0.2, -0.15) is 0 Å². The van der Waals surface area contributed by atoms with Crippen LogP contribution in [0.2, 0.25) is 18.1 Å². The predicted octanol–water partition coefficient (Wildman–Crippen LogP) is 7.94. The van der Waals surface area contributed by atoms with E-state index in [4.69, 9.17) is 16.0 Å². The van der Waals surface area contributed by atoms with E-state index in [1.165, 1.54) is 16.9 Å². The largest absolute Gasteiger partial charge is 0.543 e. The average molecular weight is 598 g/mol. The van der Waals surface area contributed by atoms with Crippen LogP contribution < -0.4 is 4.43 Å². The minimum Gasteiger partial charge on any atom is -0.543 e. The van der Waals surface area contributed by atoms with Crippen LogP contribution in [0.1, 0.15) is 60.8 Å². The monoisotopic (exact) mass is 596 g/mol. The molecule has 0 amide bonds. The van der Waals surface area contributed by atoms with Crippen LogP contribution in [-0.4, -0.2) is 55.1 Å². The highest BCUT2D eigenvalue weighted by molar-refractivity contribution is 9.10. The molecule has 1 aliphatic heterocycles. The normalized spacial score (nSPS) is 21.1. The summed E-state index contributed by atoms with van der Waals surface area (Å²) in [6, 6.07) is 11.3. The van der Waals surface area contributed by atoms with Crippen molar-refractivity contribution in [3.63, 3.8) is 0 Å². The van der Waals surface area contributed by atoms with Gasteiger partial charge in [0, 0.05) is 41.1 Å². The fraction of sp³-hybridized carbons (Fsp3) is 0.519. The molecule has 1 fully saturated rings. The topological polar surface area (TPSA) is 32.8 Å². The molecule has 0 aliphatic carbocycles. The molecule has 1 aromatic carbocycles. The molecule has 1 aliphatic rings. The van der Waals surface area contributed by atoms with Crippen molar-refractivity contribution in [3.05, 3.63) is 62.8 Å². The molecule has 0 N–H and O–H groups in total. The fourth-order valence-corrected chi connectivity index (χ4v) is 7.58. The summed E-state index contributed by atoms with van der Waals surface area (Å²) in [6.07, 6.45) is 1.98. The van der Waals surface area contributed by atoms with Crippen LogP contribution in [0.25, 0.3) is 0 Å². The molecule has 0 saturated carbocycles. The molecule has 3 atom stereocenters. The van der Waals surface area contributed by atoms with Crippen LogP contribution in [0.15, 0.2) is 47.5 Å². The van der Waals surface area contributed by atoms with Crippen molar-refractivity contribution in [3.8, 4) is 5.75 Å². The lowest BCUT2D eigenvalue weighted by molar-refractivity contribution is 0.0315. The van der Waals surface area contributed by atoms with E-state index in [1.807, 2.05) is 6.08 Å². The zero-order valence-electron chi connectivity index (χ0n) is 21.9. The molecule has 0 spiro atoms. The Morgan fingerprint density at radius 2 is 1.97 bits per heavy atom. The van der Waals surface area contributed by atoms with E-state index in [2.05, 4.69) is 110 Å². The Morgan fingerprint density at radius 3 is 2.54 bits per heavy atom. The number of halogens is 2. The third-order valence-electron chi connectivity index (χ3n) is 7.37. The summed E-state index contributed by atoms with van der Waals surface area (Å²) in [5, 5.41) is -0.318. The molecular weight excluding hydrogens is 560 g/mol. The van der Waals surface area contributed by atoms with Crippen LogP contribution in [0, 0.1) is 0 Å². The van der Waals surface area contributed by atoms with Gasteiger partial charge in [-0.05, 0) is 83.3 Å². The van der Waals surface area contributed by atoms with Gasteiger partial charge < -0.3 is 4.43 Å². The van der Waals surface area contributed by atoms with Crippen LogP contribution in [0.4, 0.5) is 0 Å². The molecule has 1 saturated heterocycles. The molecular formula is C27H38BrClN2O2SSi. The smallest absolute Gasteiger partial charge is 0.263 e. The van der Waals surface area contributed by atoms with Gasteiger partial charge in [0.05, 0.1) is 6.04 Å². The summed E-state index contributed by atoms with van der Waals surface area (Å²) >= 11 is 10.9. The summed E-state index contributed by atoms with van der Waals surface area (Å²) in [5.41, 5.74) is 1.17. The molecule has 192 valence electrons. The number of carbonyl (C=O) groups excluding carboxylic acids is 1. The zero-order chi connectivity index (χ0) is 26.1. The Labute approximate surface area is 229 Å². The highest BCUT2D eigenvalue weighted by Gasteiger charge is 2.40. The number of hydrogen-bond acceptors (Lipinski definition) is 5. The Morgan fingerprint density at radius 1 is 1.29 bits per heavy atom. The van der Waals surface area contributed by atoms with Crippen molar-refractivity contribution >= 4 is 52.4 Å². The number of carbonyl (C=O) groups is 1.